The molecule has 9 heteroatoms. The zero-order valence-corrected chi connectivity index (χ0v) is 23.9. The number of amides is 3. The molecule has 0 radical (unpaired) electrons. The first kappa shape index (κ1) is 27.7. The van der Waals surface area contributed by atoms with Gasteiger partial charge in [0.2, 0.25) is 17.7 Å². The fourth-order valence-electron chi connectivity index (χ4n) is 6.57. The lowest BCUT2D eigenvalue weighted by Crippen LogP contribution is -2.47. The molecule has 2 saturated carbocycles. The number of hydrogen-bond acceptors (Lipinski definition) is 4. The Hall–Kier alpha value is -1.83. The molecule has 0 aromatic heterocycles. The van der Waals surface area contributed by atoms with E-state index in [1.54, 1.807) is 6.07 Å². The number of benzene rings is 1. The molecule has 208 valence electrons. The van der Waals surface area contributed by atoms with E-state index < -0.39 is 0 Å². The number of hydrogen-bond donors (Lipinski definition) is 1. The average molecular weight is 565 g/mol. The molecule has 4 fully saturated rings. The van der Waals surface area contributed by atoms with Gasteiger partial charge in [0.25, 0.3) is 0 Å². The molecule has 7 nitrogen and oxygen atoms in total. The molecule has 2 saturated heterocycles. The number of carbonyl (C=O) groups is 3. The number of carbonyl (C=O) groups excluding carboxylic acids is 3. The van der Waals surface area contributed by atoms with Crippen molar-refractivity contribution in [1.29, 1.82) is 0 Å². The summed E-state index contributed by atoms with van der Waals surface area (Å²) in [6.45, 7) is 4.28. The average Bonchev–Trinajstić information content (AvgIpc) is 3.52. The van der Waals surface area contributed by atoms with Crippen LogP contribution in [0.5, 0.6) is 0 Å². The van der Waals surface area contributed by atoms with Gasteiger partial charge in [-0.05, 0) is 69.1 Å². The third-order valence-electron chi connectivity index (χ3n) is 9.51. The number of piperidine rings is 1. The minimum Gasteiger partial charge on any atom is -0.393 e. The molecule has 2 atom stereocenters. The SMILES string of the molecule is CN(C(=O)C1CCC(O)CC1)[C@H]1CN(C(=O)C2CCN(C(=O)C3(C)CC3)CC2)C[C@H]1c1ccc(Cl)c(Cl)c1. The maximum atomic E-state index is 13.7. The van der Waals surface area contributed by atoms with Crippen LogP contribution in [0.2, 0.25) is 10.0 Å². The van der Waals surface area contributed by atoms with Crippen LogP contribution in [-0.2, 0) is 14.4 Å². The van der Waals surface area contributed by atoms with E-state index in [9.17, 15) is 19.5 Å². The maximum absolute atomic E-state index is 13.7. The lowest BCUT2D eigenvalue weighted by Gasteiger charge is -2.35. The van der Waals surface area contributed by atoms with Gasteiger partial charge < -0.3 is 19.8 Å². The van der Waals surface area contributed by atoms with Gasteiger partial charge in [0.05, 0.1) is 22.2 Å². The molecular formula is C29H39Cl2N3O4. The van der Waals surface area contributed by atoms with Gasteiger partial charge in [0, 0.05) is 56.4 Å². The third-order valence-corrected chi connectivity index (χ3v) is 10.3. The highest BCUT2D eigenvalue weighted by Crippen LogP contribution is 2.47. The quantitative estimate of drug-likeness (QED) is 0.577. The molecule has 1 aromatic rings. The standard InChI is InChI=1S/C29H39Cl2N3O4/c1-29(11-12-29)28(38)33-13-9-19(10-14-33)27(37)34-16-22(20-5-8-23(30)24(31)15-20)25(17-34)32(2)26(36)18-3-6-21(35)7-4-18/h5,8,15,18-19,21-22,25,35H,3-4,6-7,9-14,16-17H2,1-2H3/t18?,21?,22-,25-/m0/s1. The highest BCUT2D eigenvalue weighted by molar-refractivity contribution is 6.42. The van der Waals surface area contributed by atoms with Gasteiger partial charge in [0.1, 0.15) is 0 Å². The molecular weight excluding hydrogens is 525 g/mol. The van der Waals surface area contributed by atoms with Gasteiger partial charge in [-0.25, -0.2) is 0 Å². The summed E-state index contributed by atoms with van der Waals surface area (Å²) < 4.78 is 0. The molecule has 1 N–H and O–H groups in total. The smallest absolute Gasteiger partial charge is 0.228 e. The summed E-state index contributed by atoms with van der Waals surface area (Å²) in [5.74, 6) is 0.150. The summed E-state index contributed by atoms with van der Waals surface area (Å²) in [5, 5.41) is 10.8. The van der Waals surface area contributed by atoms with Gasteiger partial charge in [-0.2, -0.15) is 0 Å². The molecule has 3 amide bonds. The highest BCUT2D eigenvalue weighted by Gasteiger charge is 2.48. The van der Waals surface area contributed by atoms with Crippen molar-refractivity contribution >= 4 is 40.9 Å². The summed E-state index contributed by atoms with van der Waals surface area (Å²) in [7, 11) is 1.85. The summed E-state index contributed by atoms with van der Waals surface area (Å²) in [6, 6.07) is 5.40. The summed E-state index contributed by atoms with van der Waals surface area (Å²) in [4.78, 5) is 45.7. The Morgan fingerprint density at radius 2 is 1.58 bits per heavy atom. The Labute approximate surface area is 235 Å². The number of likely N-dealkylation sites (tertiary alicyclic amines) is 2. The highest BCUT2D eigenvalue weighted by atomic mass is 35.5. The number of likely N-dealkylation sites (N-methyl/N-ethyl adjacent to an activating group) is 1. The van der Waals surface area contributed by atoms with E-state index in [1.165, 1.54) is 0 Å². The van der Waals surface area contributed by atoms with Crippen molar-refractivity contribution in [3.8, 4) is 0 Å². The normalized spacial score (nSPS) is 29.3. The lowest BCUT2D eigenvalue weighted by molar-refractivity contribution is -0.143. The maximum Gasteiger partial charge on any atom is 0.228 e. The second-order valence-electron chi connectivity index (χ2n) is 12.2. The number of aliphatic hydroxyl groups is 1. The molecule has 1 aromatic carbocycles. The van der Waals surface area contributed by atoms with Gasteiger partial charge in [-0.3, -0.25) is 14.4 Å². The molecule has 0 spiro atoms. The molecule has 2 aliphatic heterocycles. The van der Waals surface area contributed by atoms with Crippen LogP contribution < -0.4 is 0 Å². The molecule has 5 rings (SSSR count). The minimum atomic E-state index is -0.318. The van der Waals surface area contributed by atoms with Crippen molar-refractivity contribution in [2.75, 3.05) is 33.2 Å². The predicted octanol–water partition coefficient (Wildman–Crippen LogP) is 4.34. The Kier molecular flexibility index (Phi) is 8.01. The van der Waals surface area contributed by atoms with E-state index in [4.69, 9.17) is 23.2 Å². The van der Waals surface area contributed by atoms with E-state index in [2.05, 4.69) is 0 Å². The molecule has 4 aliphatic rings. The molecule has 0 unspecified atom stereocenters. The zero-order chi connectivity index (χ0) is 27.2. The van der Waals surface area contributed by atoms with Crippen LogP contribution in [0.1, 0.15) is 69.8 Å². The van der Waals surface area contributed by atoms with Crippen LogP contribution in [0.15, 0.2) is 18.2 Å². The van der Waals surface area contributed by atoms with E-state index in [0.29, 0.717) is 74.7 Å². The van der Waals surface area contributed by atoms with Gasteiger partial charge in [-0.1, -0.05) is 36.2 Å². The van der Waals surface area contributed by atoms with Crippen LogP contribution in [-0.4, -0.2) is 82.9 Å². The van der Waals surface area contributed by atoms with Crippen LogP contribution in [0.3, 0.4) is 0 Å². The molecule has 2 aliphatic carbocycles. The first-order valence-electron chi connectivity index (χ1n) is 14.1. The van der Waals surface area contributed by atoms with Crippen molar-refractivity contribution in [3.63, 3.8) is 0 Å². The van der Waals surface area contributed by atoms with Crippen LogP contribution in [0, 0.1) is 17.3 Å². The second-order valence-corrected chi connectivity index (χ2v) is 13.0. The number of nitrogens with zero attached hydrogens (tertiary/aromatic N) is 3. The Bertz CT molecular complexity index is 1080. The van der Waals surface area contributed by atoms with Crippen LogP contribution in [0.4, 0.5) is 0 Å². The number of halogens is 2. The van der Waals surface area contributed by atoms with E-state index in [1.807, 2.05) is 40.8 Å². The second kappa shape index (κ2) is 11.0. The Morgan fingerprint density at radius 3 is 2.18 bits per heavy atom. The van der Waals surface area contributed by atoms with Gasteiger partial charge in [-0.15, -0.1) is 0 Å². The largest absolute Gasteiger partial charge is 0.393 e. The van der Waals surface area contributed by atoms with Crippen molar-refractivity contribution in [3.05, 3.63) is 33.8 Å². The Morgan fingerprint density at radius 1 is 0.921 bits per heavy atom. The minimum absolute atomic E-state index is 0.0756. The van der Waals surface area contributed by atoms with Gasteiger partial charge >= 0.3 is 0 Å². The topological polar surface area (TPSA) is 81.2 Å². The van der Waals surface area contributed by atoms with Crippen molar-refractivity contribution in [2.45, 2.75) is 76.4 Å². The van der Waals surface area contributed by atoms with E-state index in [0.717, 1.165) is 18.4 Å². The van der Waals surface area contributed by atoms with Gasteiger partial charge in [0.15, 0.2) is 0 Å². The Balaban J connectivity index is 1.29. The summed E-state index contributed by atoms with van der Waals surface area (Å²) in [5.41, 5.74) is 0.788. The zero-order valence-electron chi connectivity index (χ0n) is 22.4. The first-order valence-corrected chi connectivity index (χ1v) is 14.8. The van der Waals surface area contributed by atoms with E-state index in [-0.39, 0.29) is 53.0 Å². The summed E-state index contributed by atoms with van der Waals surface area (Å²) in [6.07, 6.45) is 5.64. The van der Waals surface area contributed by atoms with Crippen molar-refractivity contribution in [2.24, 2.45) is 17.3 Å². The number of aliphatic hydroxyl groups excluding tert-OH is 1. The van der Waals surface area contributed by atoms with Crippen LogP contribution >= 0.6 is 23.2 Å². The molecule has 0 bridgehead atoms. The fourth-order valence-corrected chi connectivity index (χ4v) is 6.88. The molecule has 38 heavy (non-hydrogen) atoms. The van der Waals surface area contributed by atoms with Crippen molar-refractivity contribution in [1.82, 2.24) is 14.7 Å². The summed E-state index contributed by atoms with van der Waals surface area (Å²) >= 11 is 12.6. The molecule has 2 heterocycles. The fraction of sp³-hybridized carbons (Fsp3) is 0.690. The lowest BCUT2D eigenvalue weighted by atomic mass is 9.85. The van der Waals surface area contributed by atoms with E-state index >= 15 is 0 Å². The van der Waals surface area contributed by atoms with Crippen LogP contribution in [0.25, 0.3) is 0 Å². The number of rotatable bonds is 5. The first-order chi connectivity index (χ1) is 18.1. The monoisotopic (exact) mass is 563 g/mol. The predicted molar refractivity (Wildman–Crippen MR) is 147 cm³/mol. The third kappa shape index (κ3) is 5.57. The van der Waals surface area contributed by atoms with Crippen molar-refractivity contribution < 1.29 is 19.5 Å².